The molecular weight excluding hydrogens is 578 g/mol. The van der Waals surface area contributed by atoms with Crippen molar-refractivity contribution < 1.29 is 33.3 Å². The lowest BCUT2D eigenvalue weighted by molar-refractivity contribution is 0.00890. The molecule has 43 heavy (non-hydrogen) atoms. The van der Waals surface area contributed by atoms with Crippen molar-refractivity contribution in [1.29, 1.82) is 0 Å². The SMILES string of the molecule is CC(O)COc1ccc(C(N)=O)c(-c2c(Cl)c(F)cc3c2[C@H](C)[C@@](CNC2CCC(C)(O)CC2)(c2ccccc2)O3)c1F. The van der Waals surface area contributed by atoms with E-state index in [2.05, 4.69) is 5.32 Å². The summed E-state index contributed by atoms with van der Waals surface area (Å²) in [7, 11) is 0. The van der Waals surface area contributed by atoms with Gasteiger partial charge in [-0.2, -0.15) is 0 Å². The lowest BCUT2D eigenvalue weighted by Crippen LogP contribution is -2.49. The minimum atomic E-state index is -1.04. The van der Waals surface area contributed by atoms with Crippen LogP contribution in [0.25, 0.3) is 11.1 Å². The normalized spacial score (nSPS) is 25.6. The van der Waals surface area contributed by atoms with Gasteiger partial charge >= 0.3 is 0 Å². The number of carbonyl (C=O) groups is 1. The van der Waals surface area contributed by atoms with E-state index in [0.29, 0.717) is 24.9 Å². The number of halogens is 3. The van der Waals surface area contributed by atoms with Crippen molar-refractivity contribution in [1.82, 2.24) is 5.32 Å². The first-order valence-corrected chi connectivity index (χ1v) is 14.9. The van der Waals surface area contributed by atoms with Crippen LogP contribution in [0.15, 0.2) is 48.5 Å². The molecule has 1 aliphatic heterocycles. The molecule has 0 saturated heterocycles. The van der Waals surface area contributed by atoms with E-state index in [1.54, 1.807) is 0 Å². The molecule has 5 N–H and O–H groups in total. The molecule has 3 aromatic carbocycles. The van der Waals surface area contributed by atoms with Crippen molar-refractivity contribution in [3.05, 3.63) is 81.9 Å². The van der Waals surface area contributed by atoms with Gasteiger partial charge in [0.05, 0.1) is 22.3 Å². The van der Waals surface area contributed by atoms with Crippen LogP contribution >= 0.6 is 11.6 Å². The summed E-state index contributed by atoms with van der Waals surface area (Å²) in [6.07, 6.45) is 1.98. The Bertz CT molecular complexity index is 1510. The maximum atomic E-state index is 16.2. The van der Waals surface area contributed by atoms with Gasteiger partial charge in [0.25, 0.3) is 0 Å². The number of benzene rings is 3. The molecule has 3 aromatic rings. The van der Waals surface area contributed by atoms with Crippen LogP contribution in [-0.2, 0) is 5.60 Å². The maximum Gasteiger partial charge on any atom is 0.249 e. The van der Waals surface area contributed by atoms with Crippen molar-refractivity contribution in [2.24, 2.45) is 5.73 Å². The van der Waals surface area contributed by atoms with E-state index in [1.165, 1.54) is 25.1 Å². The number of amides is 1. The number of hydrogen-bond donors (Lipinski definition) is 4. The van der Waals surface area contributed by atoms with Gasteiger partial charge in [0.1, 0.15) is 18.2 Å². The number of carbonyl (C=O) groups excluding carboxylic acids is 1. The van der Waals surface area contributed by atoms with Crippen molar-refractivity contribution in [2.45, 2.75) is 75.7 Å². The molecule has 1 saturated carbocycles. The summed E-state index contributed by atoms with van der Waals surface area (Å²) in [4.78, 5) is 12.6. The Morgan fingerprint density at radius 1 is 1.19 bits per heavy atom. The minimum Gasteiger partial charge on any atom is -0.488 e. The molecule has 7 nitrogen and oxygen atoms in total. The number of rotatable bonds is 9. The molecule has 1 heterocycles. The number of aliphatic hydroxyl groups excluding tert-OH is 1. The summed E-state index contributed by atoms with van der Waals surface area (Å²) in [6.45, 7) is 5.36. The summed E-state index contributed by atoms with van der Waals surface area (Å²) < 4.78 is 43.9. The molecule has 0 bridgehead atoms. The van der Waals surface area contributed by atoms with E-state index in [4.69, 9.17) is 26.8 Å². The fourth-order valence-corrected chi connectivity index (χ4v) is 6.53. The van der Waals surface area contributed by atoms with E-state index in [-0.39, 0.29) is 45.9 Å². The highest BCUT2D eigenvalue weighted by molar-refractivity contribution is 6.34. The topological polar surface area (TPSA) is 114 Å². The second kappa shape index (κ2) is 12.0. The van der Waals surface area contributed by atoms with Gasteiger partial charge in [-0.15, -0.1) is 0 Å². The molecule has 1 amide bonds. The summed E-state index contributed by atoms with van der Waals surface area (Å²) in [5.41, 5.74) is 4.65. The van der Waals surface area contributed by atoms with Gasteiger partial charge < -0.3 is 30.7 Å². The van der Waals surface area contributed by atoms with Crippen LogP contribution in [0, 0.1) is 11.6 Å². The molecule has 0 radical (unpaired) electrons. The molecule has 0 aromatic heterocycles. The number of hydrogen-bond acceptors (Lipinski definition) is 6. The highest BCUT2D eigenvalue weighted by Gasteiger charge is 2.50. The summed E-state index contributed by atoms with van der Waals surface area (Å²) in [6, 6.07) is 13.4. The van der Waals surface area contributed by atoms with Crippen molar-refractivity contribution in [3.8, 4) is 22.6 Å². The number of ether oxygens (including phenoxy) is 2. The Balaban J connectivity index is 1.64. The average Bonchev–Trinajstić information content (AvgIpc) is 3.24. The molecule has 1 unspecified atom stereocenters. The quantitative estimate of drug-likeness (QED) is 0.242. The first kappa shape index (κ1) is 31.2. The van der Waals surface area contributed by atoms with Crippen molar-refractivity contribution in [3.63, 3.8) is 0 Å². The molecular formula is C33H37ClF2N2O5. The van der Waals surface area contributed by atoms with Gasteiger partial charge in [-0.25, -0.2) is 8.78 Å². The van der Waals surface area contributed by atoms with Crippen LogP contribution in [0.5, 0.6) is 11.5 Å². The number of nitrogens with two attached hydrogens (primary N) is 1. The molecule has 3 atom stereocenters. The zero-order chi connectivity index (χ0) is 31.1. The van der Waals surface area contributed by atoms with Crippen LogP contribution < -0.4 is 20.5 Å². The van der Waals surface area contributed by atoms with E-state index in [1.807, 2.05) is 44.2 Å². The Hall–Kier alpha value is -3.24. The second-order valence-electron chi connectivity index (χ2n) is 12.0. The lowest BCUT2D eigenvalue weighted by atomic mass is 9.77. The lowest BCUT2D eigenvalue weighted by Gasteiger charge is -2.38. The van der Waals surface area contributed by atoms with Gasteiger partial charge in [0.15, 0.2) is 17.2 Å². The minimum absolute atomic E-state index is 0.0375. The van der Waals surface area contributed by atoms with Gasteiger partial charge in [0, 0.05) is 41.3 Å². The Morgan fingerprint density at radius 3 is 2.49 bits per heavy atom. The summed E-state index contributed by atoms with van der Waals surface area (Å²) >= 11 is 6.60. The second-order valence-corrected chi connectivity index (χ2v) is 12.4. The van der Waals surface area contributed by atoms with Gasteiger partial charge in [-0.05, 0) is 57.2 Å². The molecule has 0 spiro atoms. The fraction of sp³-hybridized carbons (Fsp3) is 0.424. The van der Waals surface area contributed by atoms with E-state index in [9.17, 15) is 15.0 Å². The van der Waals surface area contributed by atoms with E-state index >= 15 is 8.78 Å². The Labute approximate surface area is 255 Å². The highest BCUT2D eigenvalue weighted by Crippen LogP contribution is 2.56. The van der Waals surface area contributed by atoms with Crippen molar-refractivity contribution >= 4 is 17.5 Å². The zero-order valence-corrected chi connectivity index (χ0v) is 25.2. The zero-order valence-electron chi connectivity index (χ0n) is 24.4. The smallest absolute Gasteiger partial charge is 0.249 e. The first-order chi connectivity index (χ1) is 20.3. The van der Waals surface area contributed by atoms with Crippen LogP contribution in [0.2, 0.25) is 5.02 Å². The third kappa shape index (κ3) is 5.96. The Kier molecular flexibility index (Phi) is 8.73. The fourth-order valence-electron chi connectivity index (χ4n) is 6.28. The predicted molar refractivity (Wildman–Crippen MR) is 161 cm³/mol. The molecule has 1 aliphatic carbocycles. The molecule has 5 rings (SSSR count). The van der Waals surface area contributed by atoms with E-state index < -0.39 is 40.8 Å². The standard InChI is InChI=1S/C33H37ClF2N2O5/c1-18(39)16-42-24-10-9-22(31(37)40)27(30(24)36)28-26-19(2)33(20-7-5-4-6-8-20,43-25(26)15-23(35)29(28)34)17-38-21-11-13-32(3,41)14-12-21/h4-10,15,18-19,21,38-39,41H,11-14,16-17H2,1-3H3,(H2,37,40)/t18?,19-,21?,32?,33-/m0/s1. The number of fused-ring (bicyclic) bond motifs is 1. The Morgan fingerprint density at radius 2 is 1.86 bits per heavy atom. The first-order valence-electron chi connectivity index (χ1n) is 14.5. The average molecular weight is 615 g/mol. The van der Waals surface area contributed by atoms with Gasteiger partial charge in [-0.3, -0.25) is 4.79 Å². The van der Waals surface area contributed by atoms with Gasteiger partial charge in [-0.1, -0.05) is 48.9 Å². The third-order valence-corrected chi connectivity index (χ3v) is 9.10. The van der Waals surface area contributed by atoms with Crippen LogP contribution in [0.3, 0.4) is 0 Å². The number of nitrogens with one attached hydrogen (secondary N) is 1. The van der Waals surface area contributed by atoms with Crippen LogP contribution in [0.1, 0.15) is 73.9 Å². The van der Waals surface area contributed by atoms with Gasteiger partial charge in [0.2, 0.25) is 5.91 Å². The van der Waals surface area contributed by atoms with E-state index in [0.717, 1.165) is 18.4 Å². The molecule has 2 aliphatic rings. The monoisotopic (exact) mass is 614 g/mol. The summed E-state index contributed by atoms with van der Waals surface area (Å²) in [5.74, 6) is -3.31. The van der Waals surface area contributed by atoms with Crippen molar-refractivity contribution in [2.75, 3.05) is 13.2 Å². The molecule has 230 valence electrons. The molecule has 10 heteroatoms. The number of primary amides is 1. The predicted octanol–water partition coefficient (Wildman–Crippen LogP) is 5.82. The molecule has 1 fully saturated rings. The van der Waals surface area contributed by atoms with Crippen LogP contribution in [-0.4, -0.2) is 47.0 Å². The largest absolute Gasteiger partial charge is 0.488 e. The highest BCUT2D eigenvalue weighted by atomic mass is 35.5. The third-order valence-electron chi connectivity index (χ3n) is 8.73. The number of aliphatic hydroxyl groups is 2. The maximum absolute atomic E-state index is 16.2. The van der Waals surface area contributed by atoms with Crippen LogP contribution in [0.4, 0.5) is 8.78 Å². The summed E-state index contributed by atoms with van der Waals surface area (Å²) in [5, 5.41) is 23.4.